The molecule has 0 unspecified atom stereocenters. The summed E-state index contributed by atoms with van der Waals surface area (Å²) in [6, 6.07) is 5.01. The summed E-state index contributed by atoms with van der Waals surface area (Å²) < 4.78 is 45.7. The number of aliphatic hydroxyl groups is 1. The maximum absolute atomic E-state index is 14.2. The first-order chi connectivity index (χ1) is 15.5. The fourth-order valence-electron chi connectivity index (χ4n) is 4.28. The fourth-order valence-corrected chi connectivity index (χ4v) is 4.28. The highest BCUT2D eigenvalue weighted by molar-refractivity contribution is 6.01. The van der Waals surface area contributed by atoms with Crippen molar-refractivity contribution in [3.8, 4) is 0 Å². The van der Waals surface area contributed by atoms with E-state index in [1.54, 1.807) is 32.5 Å². The number of anilines is 1. The van der Waals surface area contributed by atoms with Crippen molar-refractivity contribution in [2.45, 2.75) is 32.7 Å². The number of imidazole rings is 1. The molecule has 174 valence electrons. The van der Waals surface area contributed by atoms with Gasteiger partial charge in [0, 0.05) is 30.4 Å². The molecule has 2 heterocycles. The summed E-state index contributed by atoms with van der Waals surface area (Å²) in [6.45, 7) is 3.55. The van der Waals surface area contributed by atoms with Gasteiger partial charge in [0.1, 0.15) is 12.4 Å². The molecular formula is C23H24F3N5O2. The molecule has 2 aromatic heterocycles. The number of nitrogens with zero attached hydrogens (tertiary/aromatic N) is 4. The molecule has 2 N–H and O–H groups in total. The third kappa shape index (κ3) is 3.64. The number of alkyl halides is 2. The second-order valence-corrected chi connectivity index (χ2v) is 8.32. The lowest BCUT2D eigenvalue weighted by atomic mass is 9.94. The first kappa shape index (κ1) is 22.8. The number of aryl methyl sites for hydroxylation is 3. The quantitative estimate of drug-likeness (QED) is 0.474. The van der Waals surface area contributed by atoms with E-state index in [0.29, 0.717) is 28.0 Å². The predicted octanol–water partition coefficient (Wildman–Crippen LogP) is 3.83. The zero-order chi connectivity index (χ0) is 24.2. The van der Waals surface area contributed by atoms with Gasteiger partial charge in [-0.2, -0.15) is 13.9 Å². The highest BCUT2D eigenvalue weighted by Gasteiger charge is 2.34. The lowest BCUT2D eigenvalue weighted by molar-refractivity contribution is -0.0563. The molecule has 0 fully saturated rings. The smallest absolute Gasteiger partial charge is 0.328 e. The average molecular weight is 459 g/mol. The highest BCUT2D eigenvalue weighted by atomic mass is 19.3. The van der Waals surface area contributed by atoms with E-state index >= 15 is 0 Å². The molecule has 2 aromatic carbocycles. The van der Waals surface area contributed by atoms with Crippen LogP contribution in [0.15, 0.2) is 29.1 Å². The van der Waals surface area contributed by atoms with Crippen molar-refractivity contribution < 1.29 is 18.3 Å². The summed E-state index contributed by atoms with van der Waals surface area (Å²) >= 11 is 0. The number of hydrogen-bond donors (Lipinski definition) is 2. The summed E-state index contributed by atoms with van der Waals surface area (Å²) in [4.78, 5) is 12.4. The van der Waals surface area contributed by atoms with E-state index in [0.717, 1.165) is 17.0 Å². The van der Waals surface area contributed by atoms with Gasteiger partial charge in [0.2, 0.25) is 0 Å². The van der Waals surface area contributed by atoms with E-state index in [1.165, 1.54) is 17.6 Å². The third-order valence-corrected chi connectivity index (χ3v) is 6.18. The van der Waals surface area contributed by atoms with Crippen LogP contribution in [-0.4, -0.2) is 31.0 Å². The van der Waals surface area contributed by atoms with Gasteiger partial charge >= 0.3 is 5.69 Å². The second-order valence-electron chi connectivity index (χ2n) is 8.32. The topological polar surface area (TPSA) is 85.0 Å². The van der Waals surface area contributed by atoms with Crippen LogP contribution in [0.4, 0.5) is 19.0 Å². The molecule has 10 heteroatoms. The Morgan fingerprint density at radius 1 is 1.06 bits per heavy atom. The summed E-state index contributed by atoms with van der Waals surface area (Å²) in [5.74, 6) is -4.02. The second kappa shape index (κ2) is 7.87. The average Bonchev–Trinajstić information content (AvgIpc) is 2.99. The Labute approximate surface area is 187 Å². The summed E-state index contributed by atoms with van der Waals surface area (Å²) in [5, 5.41) is 22.1. The largest absolute Gasteiger partial charge is 0.390 e. The van der Waals surface area contributed by atoms with Gasteiger partial charge in [0.15, 0.2) is 5.82 Å². The molecule has 0 aliphatic carbocycles. The number of benzene rings is 2. The van der Waals surface area contributed by atoms with E-state index in [4.69, 9.17) is 5.11 Å². The van der Waals surface area contributed by atoms with Crippen molar-refractivity contribution in [2.75, 3.05) is 11.9 Å². The molecule has 0 radical (unpaired) electrons. The van der Waals surface area contributed by atoms with Crippen molar-refractivity contribution in [1.82, 2.24) is 19.3 Å². The minimum absolute atomic E-state index is 0.172. The molecule has 0 aliphatic heterocycles. The molecule has 7 nitrogen and oxygen atoms in total. The Morgan fingerprint density at radius 2 is 1.67 bits per heavy atom. The first-order valence-electron chi connectivity index (χ1n) is 10.3. The third-order valence-electron chi connectivity index (χ3n) is 6.18. The Balaban J connectivity index is 1.85. The van der Waals surface area contributed by atoms with Gasteiger partial charge in [-0.3, -0.25) is 9.13 Å². The normalized spacial score (nSPS) is 13.1. The fraction of sp³-hybridized carbons (Fsp3) is 0.348. The molecule has 0 bridgehead atoms. The van der Waals surface area contributed by atoms with Crippen LogP contribution in [0.25, 0.3) is 21.8 Å². The SMILES string of the molecule is Cc1c([C@@H](C)Nc2nnc(C)c3cc4c(cc23)n(C)c(=O)n4C)cc(F)cc1C(F)(F)CO. The first-order valence-corrected chi connectivity index (χ1v) is 10.3. The number of halogens is 3. The van der Waals surface area contributed by atoms with E-state index in [1.807, 2.05) is 12.1 Å². The molecular weight excluding hydrogens is 435 g/mol. The van der Waals surface area contributed by atoms with Crippen LogP contribution >= 0.6 is 0 Å². The van der Waals surface area contributed by atoms with E-state index in [-0.39, 0.29) is 11.3 Å². The van der Waals surface area contributed by atoms with E-state index in [2.05, 4.69) is 15.5 Å². The Hall–Kier alpha value is -3.40. The zero-order valence-electron chi connectivity index (χ0n) is 18.9. The van der Waals surface area contributed by atoms with Gasteiger partial charge in [-0.1, -0.05) is 0 Å². The van der Waals surface area contributed by atoms with Gasteiger partial charge in [0.25, 0.3) is 5.92 Å². The number of aromatic nitrogens is 4. The van der Waals surface area contributed by atoms with E-state index < -0.39 is 30.0 Å². The molecule has 0 amide bonds. The van der Waals surface area contributed by atoms with Crippen LogP contribution in [0.2, 0.25) is 0 Å². The van der Waals surface area contributed by atoms with Gasteiger partial charge in [-0.25, -0.2) is 9.18 Å². The van der Waals surface area contributed by atoms with Crippen LogP contribution in [-0.2, 0) is 20.0 Å². The Bertz CT molecular complexity index is 1460. The van der Waals surface area contributed by atoms with Crippen LogP contribution in [0.3, 0.4) is 0 Å². The number of aliphatic hydroxyl groups excluding tert-OH is 1. The maximum Gasteiger partial charge on any atom is 0.328 e. The summed E-state index contributed by atoms with van der Waals surface area (Å²) in [6.07, 6.45) is 0. The van der Waals surface area contributed by atoms with Gasteiger partial charge < -0.3 is 10.4 Å². The lowest BCUT2D eigenvalue weighted by Gasteiger charge is -2.23. The summed E-state index contributed by atoms with van der Waals surface area (Å²) in [7, 11) is 3.36. The molecule has 1 atom stereocenters. The van der Waals surface area contributed by atoms with Crippen LogP contribution < -0.4 is 11.0 Å². The minimum atomic E-state index is -3.57. The van der Waals surface area contributed by atoms with E-state index in [9.17, 15) is 18.0 Å². The number of rotatable bonds is 5. The Morgan fingerprint density at radius 3 is 2.27 bits per heavy atom. The molecule has 4 rings (SSSR count). The zero-order valence-corrected chi connectivity index (χ0v) is 18.9. The molecule has 4 aromatic rings. The van der Waals surface area contributed by atoms with Crippen LogP contribution in [0.5, 0.6) is 0 Å². The highest BCUT2D eigenvalue weighted by Crippen LogP contribution is 2.36. The van der Waals surface area contributed by atoms with Crippen molar-refractivity contribution in [2.24, 2.45) is 14.1 Å². The molecule has 0 saturated carbocycles. The molecule has 0 aliphatic rings. The molecule has 0 saturated heterocycles. The standard InChI is InChI=1S/C23H24F3N5O2/c1-11-15(6-14(24)7-18(11)23(25,26)10-32)12(2)27-21-17-9-20-19(30(4)22(33)31(20)5)8-16(17)13(3)28-29-21/h6-9,12,32H,10H2,1-5H3,(H,27,29)/t12-/m1/s1. The number of hydrogen-bond acceptors (Lipinski definition) is 5. The Kier molecular flexibility index (Phi) is 5.44. The van der Waals surface area contributed by atoms with Crippen molar-refractivity contribution in [3.05, 3.63) is 63.0 Å². The lowest BCUT2D eigenvalue weighted by Crippen LogP contribution is -2.22. The minimum Gasteiger partial charge on any atom is -0.390 e. The van der Waals surface area contributed by atoms with Crippen LogP contribution in [0.1, 0.15) is 35.3 Å². The van der Waals surface area contributed by atoms with Crippen LogP contribution in [0, 0.1) is 19.7 Å². The maximum atomic E-state index is 14.2. The van der Waals surface area contributed by atoms with Gasteiger partial charge in [-0.05, 0) is 56.2 Å². The van der Waals surface area contributed by atoms with Gasteiger partial charge in [-0.15, -0.1) is 5.10 Å². The monoisotopic (exact) mass is 459 g/mol. The summed E-state index contributed by atoms with van der Waals surface area (Å²) in [5.41, 5.74) is 1.85. The van der Waals surface area contributed by atoms with Crippen molar-refractivity contribution >= 4 is 27.6 Å². The molecule has 0 spiro atoms. The van der Waals surface area contributed by atoms with Gasteiger partial charge in [0.05, 0.1) is 22.8 Å². The number of nitrogens with one attached hydrogen (secondary N) is 1. The molecule has 33 heavy (non-hydrogen) atoms. The number of fused-ring (bicyclic) bond motifs is 2. The van der Waals surface area contributed by atoms with Crippen molar-refractivity contribution in [3.63, 3.8) is 0 Å². The predicted molar refractivity (Wildman–Crippen MR) is 120 cm³/mol. The van der Waals surface area contributed by atoms with Crippen molar-refractivity contribution in [1.29, 1.82) is 0 Å².